The third kappa shape index (κ3) is 3.26. The number of unbranched alkanes of at least 4 members (excludes halogenated alkanes) is 1. The van der Waals surface area contributed by atoms with Gasteiger partial charge in [-0.15, -0.1) is 0 Å². The van der Waals surface area contributed by atoms with Crippen molar-refractivity contribution in [2.45, 2.75) is 52.9 Å². The van der Waals surface area contributed by atoms with Crippen molar-refractivity contribution in [1.29, 1.82) is 0 Å². The van der Waals surface area contributed by atoms with E-state index in [0.717, 1.165) is 36.8 Å². The van der Waals surface area contributed by atoms with Gasteiger partial charge in [0.1, 0.15) is 5.75 Å². The van der Waals surface area contributed by atoms with E-state index in [1.807, 2.05) is 6.92 Å². The molecule has 0 aliphatic rings. The molecule has 1 rings (SSSR count). The van der Waals surface area contributed by atoms with E-state index in [9.17, 15) is 5.11 Å². The molecule has 0 aromatic heterocycles. The first-order valence-electron chi connectivity index (χ1n) is 6.00. The Bertz CT molecular complexity index is 315. The van der Waals surface area contributed by atoms with Crippen molar-refractivity contribution in [3.63, 3.8) is 0 Å². The van der Waals surface area contributed by atoms with Crippen molar-refractivity contribution in [3.05, 3.63) is 28.8 Å². The van der Waals surface area contributed by atoms with Crippen LogP contribution in [0.15, 0.2) is 12.1 Å². The molecule has 1 heteroatoms. The first-order valence-corrected chi connectivity index (χ1v) is 6.00. The molecule has 0 aliphatic carbocycles. The smallest absolute Gasteiger partial charge is 0.121 e. The predicted octanol–water partition coefficient (Wildman–Crippen LogP) is 4.00. The van der Waals surface area contributed by atoms with Crippen molar-refractivity contribution < 1.29 is 5.11 Å². The number of hydrogen-bond acceptors (Lipinski definition) is 1. The second-order valence-corrected chi connectivity index (χ2v) is 4.27. The Balaban J connectivity index is 2.91. The Hall–Kier alpha value is -0.980. The molecule has 0 saturated heterocycles. The standard InChI is InChI=1S/C14H22O/c1-4-6-8-13-10-12(7-5-2)9-11(3)14(13)15/h9-10,15H,4-8H2,1-3H3. The third-order valence-corrected chi connectivity index (χ3v) is 2.78. The summed E-state index contributed by atoms with van der Waals surface area (Å²) in [5.41, 5.74) is 3.51. The lowest BCUT2D eigenvalue weighted by atomic mass is 9.98. The summed E-state index contributed by atoms with van der Waals surface area (Å²) in [6, 6.07) is 4.27. The molecular weight excluding hydrogens is 184 g/mol. The average Bonchev–Trinajstić information content (AvgIpc) is 2.21. The fourth-order valence-electron chi connectivity index (χ4n) is 1.92. The van der Waals surface area contributed by atoms with E-state index in [1.165, 1.54) is 12.0 Å². The van der Waals surface area contributed by atoms with Crippen LogP contribution in [0.25, 0.3) is 0 Å². The Kier molecular flexibility index (Phi) is 4.67. The topological polar surface area (TPSA) is 20.2 Å². The maximum Gasteiger partial charge on any atom is 0.121 e. The van der Waals surface area contributed by atoms with Crippen molar-refractivity contribution in [2.24, 2.45) is 0 Å². The predicted molar refractivity (Wildman–Crippen MR) is 65.5 cm³/mol. The van der Waals surface area contributed by atoms with Crippen LogP contribution in [0.2, 0.25) is 0 Å². The molecule has 0 spiro atoms. The van der Waals surface area contributed by atoms with E-state index in [0.29, 0.717) is 5.75 Å². The second kappa shape index (κ2) is 5.79. The summed E-state index contributed by atoms with van der Waals surface area (Å²) < 4.78 is 0. The Morgan fingerprint density at radius 3 is 2.40 bits per heavy atom. The van der Waals surface area contributed by atoms with Crippen LogP contribution in [0, 0.1) is 6.92 Å². The van der Waals surface area contributed by atoms with Gasteiger partial charge in [-0.25, -0.2) is 0 Å². The maximum absolute atomic E-state index is 9.92. The van der Waals surface area contributed by atoms with Gasteiger partial charge in [-0.05, 0) is 42.9 Å². The van der Waals surface area contributed by atoms with E-state index in [-0.39, 0.29) is 0 Å². The number of rotatable bonds is 5. The molecule has 0 heterocycles. The van der Waals surface area contributed by atoms with E-state index in [2.05, 4.69) is 26.0 Å². The molecule has 0 atom stereocenters. The van der Waals surface area contributed by atoms with E-state index >= 15 is 0 Å². The molecular formula is C14H22O. The Morgan fingerprint density at radius 2 is 1.80 bits per heavy atom. The van der Waals surface area contributed by atoms with Gasteiger partial charge in [-0.1, -0.05) is 38.8 Å². The van der Waals surface area contributed by atoms with Crippen LogP contribution in [-0.4, -0.2) is 5.11 Å². The van der Waals surface area contributed by atoms with Crippen LogP contribution >= 0.6 is 0 Å². The molecule has 84 valence electrons. The first-order chi connectivity index (χ1) is 7.19. The van der Waals surface area contributed by atoms with Gasteiger partial charge in [0, 0.05) is 0 Å². The van der Waals surface area contributed by atoms with Crippen molar-refractivity contribution in [3.8, 4) is 5.75 Å². The normalized spacial score (nSPS) is 10.6. The lowest BCUT2D eigenvalue weighted by Crippen LogP contribution is -1.93. The minimum Gasteiger partial charge on any atom is -0.507 e. The number of aryl methyl sites for hydroxylation is 3. The monoisotopic (exact) mass is 206 g/mol. The second-order valence-electron chi connectivity index (χ2n) is 4.27. The molecule has 0 amide bonds. The number of hydrogen-bond donors (Lipinski definition) is 1. The number of benzene rings is 1. The maximum atomic E-state index is 9.92. The summed E-state index contributed by atoms with van der Waals surface area (Å²) in [6.07, 6.45) is 5.61. The lowest BCUT2D eigenvalue weighted by molar-refractivity contribution is 0.462. The van der Waals surface area contributed by atoms with E-state index < -0.39 is 0 Å². The van der Waals surface area contributed by atoms with Crippen molar-refractivity contribution in [2.75, 3.05) is 0 Å². The summed E-state index contributed by atoms with van der Waals surface area (Å²) in [4.78, 5) is 0. The molecule has 1 N–H and O–H groups in total. The zero-order valence-corrected chi connectivity index (χ0v) is 10.1. The van der Waals surface area contributed by atoms with Crippen LogP contribution in [0.4, 0.5) is 0 Å². The fraction of sp³-hybridized carbons (Fsp3) is 0.571. The summed E-state index contributed by atoms with van der Waals surface area (Å²) in [6.45, 7) is 6.36. The highest BCUT2D eigenvalue weighted by molar-refractivity contribution is 5.43. The van der Waals surface area contributed by atoms with Crippen molar-refractivity contribution in [1.82, 2.24) is 0 Å². The van der Waals surface area contributed by atoms with Crippen LogP contribution in [0.3, 0.4) is 0 Å². The van der Waals surface area contributed by atoms with Gasteiger partial charge in [0.05, 0.1) is 0 Å². The molecule has 15 heavy (non-hydrogen) atoms. The Morgan fingerprint density at radius 1 is 1.07 bits per heavy atom. The molecule has 1 aromatic rings. The first kappa shape index (κ1) is 12.1. The van der Waals surface area contributed by atoms with E-state index in [4.69, 9.17) is 0 Å². The Labute approximate surface area is 93.1 Å². The van der Waals surface area contributed by atoms with Crippen LogP contribution in [0.1, 0.15) is 49.8 Å². The number of phenols is 1. The highest BCUT2D eigenvalue weighted by Crippen LogP contribution is 2.26. The van der Waals surface area contributed by atoms with Gasteiger partial charge in [-0.3, -0.25) is 0 Å². The lowest BCUT2D eigenvalue weighted by Gasteiger charge is -2.10. The summed E-state index contributed by atoms with van der Waals surface area (Å²) in [7, 11) is 0. The molecule has 1 aromatic carbocycles. The molecule has 0 fully saturated rings. The molecule has 0 bridgehead atoms. The largest absolute Gasteiger partial charge is 0.507 e. The van der Waals surface area contributed by atoms with Crippen LogP contribution < -0.4 is 0 Å². The third-order valence-electron chi connectivity index (χ3n) is 2.78. The molecule has 0 aliphatic heterocycles. The minimum absolute atomic E-state index is 0.503. The quantitative estimate of drug-likeness (QED) is 0.772. The fourth-order valence-corrected chi connectivity index (χ4v) is 1.92. The van der Waals surface area contributed by atoms with Gasteiger partial charge < -0.3 is 5.11 Å². The summed E-state index contributed by atoms with van der Waals surface area (Å²) >= 11 is 0. The SMILES string of the molecule is CCCCc1cc(CCC)cc(C)c1O. The molecule has 1 nitrogen and oxygen atoms in total. The van der Waals surface area contributed by atoms with Crippen molar-refractivity contribution >= 4 is 0 Å². The van der Waals surface area contributed by atoms with E-state index in [1.54, 1.807) is 0 Å². The summed E-state index contributed by atoms with van der Waals surface area (Å²) in [5, 5.41) is 9.92. The minimum atomic E-state index is 0.503. The van der Waals surface area contributed by atoms with Gasteiger partial charge in [0.15, 0.2) is 0 Å². The average molecular weight is 206 g/mol. The zero-order valence-electron chi connectivity index (χ0n) is 10.1. The summed E-state index contributed by atoms with van der Waals surface area (Å²) in [5.74, 6) is 0.503. The zero-order chi connectivity index (χ0) is 11.3. The highest BCUT2D eigenvalue weighted by atomic mass is 16.3. The van der Waals surface area contributed by atoms with Crippen LogP contribution in [0.5, 0.6) is 5.75 Å². The molecule has 0 unspecified atom stereocenters. The number of phenolic OH excluding ortho intramolecular Hbond substituents is 1. The number of aromatic hydroxyl groups is 1. The molecule has 0 radical (unpaired) electrons. The van der Waals surface area contributed by atoms with Gasteiger partial charge in [-0.2, -0.15) is 0 Å². The van der Waals surface area contributed by atoms with Gasteiger partial charge in [0.2, 0.25) is 0 Å². The van der Waals surface area contributed by atoms with Gasteiger partial charge in [0.25, 0.3) is 0 Å². The molecule has 0 saturated carbocycles. The van der Waals surface area contributed by atoms with Gasteiger partial charge >= 0.3 is 0 Å². The van der Waals surface area contributed by atoms with Crippen LogP contribution in [-0.2, 0) is 12.8 Å². The highest BCUT2D eigenvalue weighted by Gasteiger charge is 2.06.